The summed E-state index contributed by atoms with van der Waals surface area (Å²) in [7, 11) is 0. The molecule has 0 bridgehead atoms. The molecule has 2 amide bonds. The summed E-state index contributed by atoms with van der Waals surface area (Å²) in [6, 6.07) is 1.82. The predicted octanol–water partition coefficient (Wildman–Crippen LogP) is 0.745. The van der Waals surface area contributed by atoms with Crippen LogP contribution in [-0.4, -0.2) is 11.8 Å². The van der Waals surface area contributed by atoms with Gasteiger partial charge in [0.15, 0.2) is 0 Å². The van der Waals surface area contributed by atoms with Crippen LogP contribution in [0.4, 0.5) is 0 Å². The van der Waals surface area contributed by atoms with Crippen molar-refractivity contribution in [3.8, 4) is 0 Å². The smallest absolute Gasteiger partial charge is 0.241 e. The van der Waals surface area contributed by atoms with Crippen molar-refractivity contribution in [3.63, 3.8) is 0 Å². The minimum Gasteiger partial charge on any atom is -0.366 e. The second-order valence-electron chi connectivity index (χ2n) is 2.71. The third kappa shape index (κ3) is 3.78. The zero-order valence-corrected chi connectivity index (χ0v) is 8.66. The van der Waals surface area contributed by atoms with Gasteiger partial charge in [0.2, 0.25) is 11.8 Å². The van der Waals surface area contributed by atoms with Crippen LogP contribution in [0, 0.1) is 0 Å². The van der Waals surface area contributed by atoms with Crippen LogP contribution in [-0.2, 0) is 9.59 Å². The molecule has 15 heavy (non-hydrogen) atoms. The molecule has 0 spiro atoms. The van der Waals surface area contributed by atoms with Crippen molar-refractivity contribution < 1.29 is 9.59 Å². The van der Waals surface area contributed by atoms with Crippen molar-refractivity contribution in [2.24, 2.45) is 11.5 Å². The van der Waals surface area contributed by atoms with E-state index in [4.69, 9.17) is 11.5 Å². The van der Waals surface area contributed by atoms with Crippen molar-refractivity contribution in [3.05, 3.63) is 34.0 Å². The van der Waals surface area contributed by atoms with E-state index < -0.39 is 11.8 Å². The SMILES string of the molecule is NC(=O)/C=C\c1ccsc1/C=C\C(N)=O. The van der Waals surface area contributed by atoms with Gasteiger partial charge in [-0.2, -0.15) is 0 Å². The van der Waals surface area contributed by atoms with E-state index in [0.29, 0.717) is 0 Å². The maximum Gasteiger partial charge on any atom is 0.241 e. The fourth-order valence-corrected chi connectivity index (χ4v) is 1.71. The highest BCUT2D eigenvalue weighted by molar-refractivity contribution is 7.11. The minimum absolute atomic E-state index is 0.506. The highest BCUT2D eigenvalue weighted by atomic mass is 32.1. The molecule has 0 aliphatic carbocycles. The molecule has 0 radical (unpaired) electrons. The van der Waals surface area contributed by atoms with Gasteiger partial charge in [0, 0.05) is 17.0 Å². The van der Waals surface area contributed by atoms with Crippen molar-refractivity contribution >= 4 is 35.3 Å². The minimum atomic E-state index is -0.508. The number of thiophene rings is 1. The molecule has 0 unspecified atom stereocenters. The molecule has 1 aromatic heterocycles. The van der Waals surface area contributed by atoms with Crippen LogP contribution in [0.3, 0.4) is 0 Å². The second kappa shape index (κ2) is 5.11. The van der Waals surface area contributed by atoms with Crippen molar-refractivity contribution in [2.45, 2.75) is 0 Å². The molecule has 0 aromatic carbocycles. The van der Waals surface area contributed by atoms with Crippen LogP contribution in [0.5, 0.6) is 0 Å². The van der Waals surface area contributed by atoms with E-state index in [9.17, 15) is 9.59 Å². The average Bonchev–Trinajstić information content (AvgIpc) is 2.58. The molecule has 0 fully saturated rings. The van der Waals surface area contributed by atoms with Gasteiger partial charge in [-0.3, -0.25) is 9.59 Å². The summed E-state index contributed by atoms with van der Waals surface area (Å²) in [4.78, 5) is 21.9. The number of hydrogen-bond acceptors (Lipinski definition) is 3. The Bertz CT molecular complexity index is 394. The second-order valence-corrected chi connectivity index (χ2v) is 3.66. The first-order valence-electron chi connectivity index (χ1n) is 4.12. The number of amides is 2. The molecule has 0 aliphatic rings. The molecule has 0 saturated heterocycles. The summed E-state index contributed by atoms with van der Waals surface area (Å²) < 4.78 is 0. The Morgan fingerprint density at radius 2 is 1.73 bits per heavy atom. The zero-order valence-electron chi connectivity index (χ0n) is 7.84. The summed E-state index contributed by atoms with van der Waals surface area (Å²) in [5, 5.41) is 1.85. The van der Waals surface area contributed by atoms with Crippen LogP contribution in [0.15, 0.2) is 23.6 Å². The topological polar surface area (TPSA) is 86.2 Å². The highest BCUT2D eigenvalue weighted by Gasteiger charge is 1.98. The van der Waals surface area contributed by atoms with E-state index in [0.717, 1.165) is 10.4 Å². The van der Waals surface area contributed by atoms with Crippen LogP contribution in [0.25, 0.3) is 12.2 Å². The molecule has 78 valence electrons. The molecule has 4 N–H and O–H groups in total. The van der Waals surface area contributed by atoms with Crippen LogP contribution in [0.2, 0.25) is 0 Å². The predicted molar refractivity (Wildman–Crippen MR) is 60.8 cm³/mol. The Kier molecular flexibility index (Phi) is 3.82. The number of carbonyl (C=O) groups is 2. The summed E-state index contributed by atoms with van der Waals surface area (Å²) in [6.45, 7) is 0. The Balaban J connectivity index is 2.87. The lowest BCUT2D eigenvalue weighted by Gasteiger charge is -1.90. The van der Waals surface area contributed by atoms with Gasteiger partial charge < -0.3 is 11.5 Å². The van der Waals surface area contributed by atoms with Crippen molar-refractivity contribution in [1.29, 1.82) is 0 Å². The van der Waals surface area contributed by atoms with E-state index in [1.54, 1.807) is 12.2 Å². The van der Waals surface area contributed by atoms with Crippen molar-refractivity contribution in [2.75, 3.05) is 0 Å². The first-order valence-corrected chi connectivity index (χ1v) is 5.00. The first kappa shape index (κ1) is 11.2. The van der Waals surface area contributed by atoms with Gasteiger partial charge in [0.25, 0.3) is 0 Å². The zero-order chi connectivity index (χ0) is 11.3. The quantitative estimate of drug-likeness (QED) is 0.736. The number of nitrogens with two attached hydrogens (primary N) is 2. The summed E-state index contributed by atoms with van der Waals surface area (Å²) in [5.41, 5.74) is 10.8. The maximum absolute atomic E-state index is 10.5. The highest BCUT2D eigenvalue weighted by Crippen LogP contribution is 2.19. The van der Waals surface area contributed by atoms with E-state index in [1.807, 2.05) is 11.4 Å². The Morgan fingerprint density at radius 1 is 1.13 bits per heavy atom. The first-order chi connectivity index (χ1) is 7.09. The number of carbonyl (C=O) groups excluding carboxylic acids is 2. The maximum atomic E-state index is 10.5. The van der Waals surface area contributed by atoms with Gasteiger partial charge in [0.1, 0.15) is 0 Å². The Hall–Kier alpha value is -1.88. The van der Waals surface area contributed by atoms with Crippen molar-refractivity contribution in [1.82, 2.24) is 0 Å². The van der Waals surface area contributed by atoms with Gasteiger partial charge in [-0.1, -0.05) is 0 Å². The largest absolute Gasteiger partial charge is 0.366 e. The lowest BCUT2D eigenvalue weighted by molar-refractivity contribution is -0.114. The molecule has 1 aromatic rings. The monoisotopic (exact) mass is 222 g/mol. The summed E-state index contributed by atoms with van der Waals surface area (Å²) >= 11 is 1.45. The number of hydrogen-bond donors (Lipinski definition) is 2. The molecular weight excluding hydrogens is 212 g/mol. The van der Waals surface area contributed by atoms with Gasteiger partial charge in [-0.05, 0) is 29.2 Å². The fraction of sp³-hybridized carbons (Fsp3) is 0. The van der Waals surface area contributed by atoms with Gasteiger partial charge >= 0.3 is 0 Å². The molecule has 4 nitrogen and oxygen atoms in total. The Labute approximate surface area is 90.9 Å². The van der Waals surface area contributed by atoms with E-state index in [-0.39, 0.29) is 0 Å². The molecule has 0 aliphatic heterocycles. The summed E-state index contributed by atoms with van der Waals surface area (Å²) in [6.07, 6.45) is 5.74. The van der Waals surface area contributed by atoms with Crippen LogP contribution >= 0.6 is 11.3 Å². The molecule has 0 atom stereocenters. The lowest BCUT2D eigenvalue weighted by Crippen LogP contribution is -2.05. The van der Waals surface area contributed by atoms with E-state index in [1.165, 1.54) is 23.5 Å². The normalized spacial score (nSPS) is 11.2. The molecule has 1 rings (SSSR count). The Morgan fingerprint density at radius 3 is 2.33 bits per heavy atom. The molecular formula is C10H10N2O2S. The van der Waals surface area contributed by atoms with Gasteiger partial charge in [-0.15, -0.1) is 11.3 Å². The van der Waals surface area contributed by atoms with Gasteiger partial charge in [0.05, 0.1) is 0 Å². The lowest BCUT2D eigenvalue weighted by atomic mass is 10.2. The van der Waals surface area contributed by atoms with E-state index in [2.05, 4.69) is 0 Å². The standard InChI is InChI=1S/C10H10N2O2S/c11-9(13)3-1-7-5-6-15-8(7)2-4-10(12)14/h1-6H,(H2,11,13)(H2,12,14)/b3-1-,4-2-. The number of rotatable bonds is 4. The molecule has 0 saturated carbocycles. The fourth-order valence-electron chi connectivity index (χ4n) is 0.934. The summed E-state index contributed by atoms with van der Waals surface area (Å²) in [5.74, 6) is -1.01. The van der Waals surface area contributed by atoms with Crippen LogP contribution in [0.1, 0.15) is 10.4 Å². The number of primary amides is 2. The van der Waals surface area contributed by atoms with Gasteiger partial charge in [-0.25, -0.2) is 0 Å². The molecule has 1 heterocycles. The average molecular weight is 222 g/mol. The van der Waals surface area contributed by atoms with E-state index >= 15 is 0 Å². The van der Waals surface area contributed by atoms with Crippen LogP contribution < -0.4 is 11.5 Å². The third-order valence-corrected chi connectivity index (χ3v) is 2.45. The third-order valence-electron chi connectivity index (χ3n) is 1.55. The molecule has 5 heteroatoms.